The number of rotatable bonds is 3. The molecule has 0 saturated heterocycles. The molecule has 1 spiro atoms. The largest absolute Gasteiger partial charge is 0.466 e. The Morgan fingerprint density at radius 2 is 2.10 bits per heavy atom. The van der Waals surface area contributed by atoms with Gasteiger partial charge in [-0.25, -0.2) is 0 Å². The van der Waals surface area contributed by atoms with Gasteiger partial charge in [-0.1, -0.05) is 19.1 Å². The van der Waals surface area contributed by atoms with Crippen LogP contribution in [0.1, 0.15) is 52.9 Å². The third kappa shape index (κ3) is 2.82. The van der Waals surface area contributed by atoms with Crippen LogP contribution in [0, 0.1) is 23.2 Å². The molecule has 0 N–H and O–H groups in total. The Balaban J connectivity index is 2.18. The van der Waals surface area contributed by atoms with Crippen LogP contribution in [-0.2, 0) is 14.3 Å². The highest BCUT2D eigenvalue weighted by molar-refractivity contribution is 5.80. The van der Waals surface area contributed by atoms with Crippen molar-refractivity contribution in [1.29, 1.82) is 0 Å². The maximum atomic E-state index is 11.9. The predicted molar refractivity (Wildman–Crippen MR) is 78.1 cm³/mol. The van der Waals surface area contributed by atoms with Crippen LogP contribution in [0.5, 0.6) is 0 Å². The van der Waals surface area contributed by atoms with Gasteiger partial charge in [-0.3, -0.25) is 9.59 Å². The molecule has 0 amide bonds. The van der Waals surface area contributed by atoms with Gasteiger partial charge in [0.1, 0.15) is 5.78 Å². The molecule has 2 aliphatic carbocycles. The molecule has 112 valence electrons. The van der Waals surface area contributed by atoms with Crippen molar-refractivity contribution in [3.63, 3.8) is 0 Å². The first-order valence-corrected chi connectivity index (χ1v) is 7.65. The van der Waals surface area contributed by atoms with Gasteiger partial charge < -0.3 is 4.74 Å². The second-order valence-corrected chi connectivity index (χ2v) is 6.87. The first-order valence-electron chi connectivity index (χ1n) is 7.65. The van der Waals surface area contributed by atoms with Gasteiger partial charge in [0.2, 0.25) is 0 Å². The van der Waals surface area contributed by atoms with Crippen molar-refractivity contribution in [2.24, 2.45) is 23.2 Å². The average molecular weight is 278 g/mol. The van der Waals surface area contributed by atoms with Crippen LogP contribution >= 0.6 is 0 Å². The van der Waals surface area contributed by atoms with Gasteiger partial charge in [0, 0.05) is 25.7 Å². The summed E-state index contributed by atoms with van der Waals surface area (Å²) in [5.74, 6) is 1.20. The molecule has 3 heteroatoms. The molecule has 0 heterocycles. The maximum Gasteiger partial charge on any atom is 0.302 e. The molecule has 20 heavy (non-hydrogen) atoms. The molecular formula is C17H26O3. The van der Waals surface area contributed by atoms with E-state index in [2.05, 4.69) is 20.4 Å². The minimum absolute atomic E-state index is 0.160. The Hall–Kier alpha value is -1.12. The summed E-state index contributed by atoms with van der Waals surface area (Å²) in [5.41, 5.74) is 1.41. The molecule has 3 nitrogen and oxygen atoms in total. The van der Waals surface area contributed by atoms with E-state index < -0.39 is 0 Å². The van der Waals surface area contributed by atoms with E-state index in [-0.39, 0.29) is 17.3 Å². The van der Waals surface area contributed by atoms with Gasteiger partial charge in [0.05, 0.1) is 6.61 Å². The number of Topliss-reactive ketones (excluding diaryl/α,β-unsaturated/α-hetero) is 1. The quantitative estimate of drug-likeness (QED) is 0.586. The second-order valence-electron chi connectivity index (χ2n) is 6.87. The van der Waals surface area contributed by atoms with E-state index in [1.165, 1.54) is 12.5 Å². The van der Waals surface area contributed by atoms with Crippen LogP contribution < -0.4 is 0 Å². The Bertz CT molecular complexity index is 426. The number of carbonyl (C=O) groups excluding carboxylic acids is 2. The lowest BCUT2D eigenvalue weighted by atomic mass is 9.59. The molecule has 2 aliphatic rings. The van der Waals surface area contributed by atoms with Gasteiger partial charge in [0.15, 0.2) is 0 Å². The highest BCUT2D eigenvalue weighted by Gasteiger charge is 2.52. The standard InChI is InChI=1S/C17H26O3/c1-11(2)14-5-6-17(9-14)12(3)7-16(19)8-15(17)10-20-13(4)18/h12,14-15H,1,5-10H2,2-4H3/t12-,14-,15-,17+/m1/s1. The van der Waals surface area contributed by atoms with Crippen LogP contribution in [0.25, 0.3) is 0 Å². The molecule has 0 aliphatic heterocycles. The minimum atomic E-state index is -0.250. The lowest BCUT2D eigenvalue weighted by Gasteiger charge is -2.46. The van der Waals surface area contributed by atoms with Crippen molar-refractivity contribution in [3.8, 4) is 0 Å². The zero-order chi connectivity index (χ0) is 14.9. The van der Waals surface area contributed by atoms with Crippen LogP contribution in [0.2, 0.25) is 0 Å². The van der Waals surface area contributed by atoms with Crippen molar-refractivity contribution >= 4 is 11.8 Å². The van der Waals surface area contributed by atoms with Crippen molar-refractivity contribution < 1.29 is 14.3 Å². The highest BCUT2D eigenvalue weighted by Crippen LogP contribution is 2.57. The Kier molecular flexibility index (Phi) is 4.36. The predicted octanol–water partition coefficient (Wildman–Crippen LogP) is 3.53. The van der Waals surface area contributed by atoms with Crippen LogP contribution in [0.15, 0.2) is 12.2 Å². The smallest absolute Gasteiger partial charge is 0.302 e. The molecule has 2 fully saturated rings. The van der Waals surface area contributed by atoms with Crippen LogP contribution in [0.3, 0.4) is 0 Å². The normalized spacial score (nSPS) is 37.1. The first-order chi connectivity index (χ1) is 9.35. The number of ether oxygens (including phenoxy) is 1. The SMILES string of the molecule is C=C(C)[C@@H]1CC[C@@]2(C1)[C@@H](COC(C)=O)CC(=O)C[C@H]2C. The number of hydrogen-bond donors (Lipinski definition) is 0. The summed E-state index contributed by atoms with van der Waals surface area (Å²) in [5, 5.41) is 0. The fourth-order valence-corrected chi connectivity index (χ4v) is 4.30. The van der Waals surface area contributed by atoms with E-state index in [1.54, 1.807) is 0 Å². The Morgan fingerprint density at radius 1 is 1.40 bits per heavy atom. The third-order valence-corrected chi connectivity index (χ3v) is 5.57. The van der Waals surface area contributed by atoms with Gasteiger partial charge in [-0.15, -0.1) is 0 Å². The van der Waals surface area contributed by atoms with E-state index in [0.717, 1.165) is 19.3 Å². The summed E-state index contributed by atoms with van der Waals surface area (Å²) in [7, 11) is 0. The van der Waals surface area contributed by atoms with Crippen LogP contribution in [0.4, 0.5) is 0 Å². The molecule has 0 aromatic carbocycles. The molecule has 0 bridgehead atoms. The number of esters is 1. The Labute approximate surface area is 121 Å². The maximum absolute atomic E-state index is 11.9. The molecule has 0 radical (unpaired) electrons. The topological polar surface area (TPSA) is 43.4 Å². The third-order valence-electron chi connectivity index (χ3n) is 5.57. The monoisotopic (exact) mass is 278 g/mol. The van der Waals surface area contributed by atoms with Crippen LogP contribution in [-0.4, -0.2) is 18.4 Å². The molecule has 0 aromatic rings. The second kappa shape index (κ2) is 5.71. The lowest BCUT2D eigenvalue weighted by molar-refractivity contribution is -0.148. The zero-order valence-corrected chi connectivity index (χ0v) is 12.9. The number of hydrogen-bond acceptors (Lipinski definition) is 3. The fourth-order valence-electron chi connectivity index (χ4n) is 4.30. The molecule has 2 rings (SSSR count). The van der Waals surface area contributed by atoms with E-state index in [9.17, 15) is 9.59 Å². The fraction of sp³-hybridized carbons (Fsp3) is 0.765. The number of allylic oxidation sites excluding steroid dienone is 1. The summed E-state index contributed by atoms with van der Waals surface area (Å²) >= 11 is 0. The lowest BCUT2D eigenvalue weighted by Crippen LogP contribution is -2.44. The van der Waals surface area contributed by atoms with Gasteiger partial charge in [-0.05, 0) is 43.4 Å². The van der Waals surface area contributed by atoms with E-state index in [0.29, 0.717) is 37.1 Å². The first kappa shape index (κ1) is 15.3. The number of carbonyl (C=O) groups is 2. The van der Waals surface area contributed by atoms with E-state index in [4.69, 9.17) is 4.74 Å². The van der Waals surface area contributed by atoms with Crippen molar-refractivity contribution in [1.82, 2.24) is 0 Å². The van der Waals surface area contributed by atoms with Crippen molar-refractivity contribution in [3.05, 3.63) is 12.2 Å². The summed E-state index contributed by atoms with van der Waals surface area (Å²) in [6, 6.07) is 0. The summed E-state index contributed by atoms with van der Waals surface area (Å²) in [6.45, 7) is 10.2. The van der Waals surface area contributed by atoms with Gasteiger partial charge >= 0.3 is 5.97 Å². The number of ketones is 1. The van der Waals surface area contributed by atoms with Crippen molar-refractivity contribution in [2.45, 2.75) is 52.9 Å². The molecule has 2 saturated carbocycles. The van der Waals surface area contributed by atoms with Gasteiger partial charge in [0.25, 0.3) is 0 Å². The molecule has 0 unspecified atom stereocenters. The summed E-state index contributed by atoms with van der Waals surface area (Å²) in [4.78, 5) is 23.0. The van der Waals surface area contributed by atoms with E-state index >= 15 is 0 Å². The highest BCUT2D eigenvalue weighted by atomic mass is 16.5. The molecule has 4 atom stereocenters. The van der Waals surface area contributed by atoms with E-state index in [1.807, 2.05) is 0 Å². The van der Waals surface area contributed by atoms with Gasteiger partial charge in [-0.2, -0.15) is 0 Å². The Morgan fingerprint density at radius 3 is 2.65 bits per heavy atom. The minimum Gasteiger partial charge on any atom is -0.466 e. The average Bonchev–Trinajstić information content (AvgIpc) is 2.78. The zero-order valence-electron chi connectivity index (χ0n) is 12.9. The molecule has 0 aromatic heterocycles. The summed E-state index contributed by atoms with van der Waals surface area (Å²) in [6.07, 6.45) is 4.64. The molecular weight excluding hydrogens is 252 g/mol. The van der Waals surface area contributed by atoms with Crippen molar-refractivity contribution in [2.75, 3.05) is 6.61 Å². The summed E-state index contributed by atoms with van der Waals surface area (Å²) < 4.78 is 5.25.